The Kier molecular flexibility index (Phi) is 4.08. The molecule has 0 fully saturated rings. The highest BCUT2D eigenvalue weighted by atomic mass is 35.5. The van der Waals surface area contributed by atoms with Crippen LogP contribution in [0.3, 0.4) is 0 Å². The van der Waals surface area contributed by atoms with Crippen molar-refractivity contribution in [3.05, 3.63) is 46.6 Å². The number of anilines is 2. The Labute approximate surface area is 135 Å². The number of thiophene rings is 1. The lowest BCUT2D eigenvalue weighted by atomic mass is 10.3. The number of aryl methyl sites for hydroxylation is 1. The Bertz CT molecular complexity index is 797. The van der Waals surface area contributed by atoms with Gasteiger partial charge in [-0.3, -0.25) is 0 Å². The van der Waals surface area contributed by atoms with E-state index in [4.69, 9.17) is 16.1 Å². The van der Waals surface area contributed by atoms with Gasteiger partial charge in [-0.2, -0.15) is 4.98 Å². The first-order valence-electron chi connectivity index (χ1n) is 6.33. The Morgan fingerprint density at radius 3 is 2.68 bits per heavy atom. The molecule has 112 valence electrons. The van der Waals surface area contributed by atoms with E-state index < -0.39 is 0 Å². The van der Waals surface area contributed by atoms with Crippen LogP contribution in [0.4, 0.5) is 16.2 Å². The molecule has 0 unspecified atom stereocenters. The highest BCUT2D eigenvalue weighted by Crippen LogP contribution is 2.32. The highest BCUT2D eigenvalue weighted by Gasteiger charge is 2.15. The lowest BCUT2D eigenvalue weighted by molar-refractivity contribution is 0.262. The summed E-state index contributed by atoms with van der Waals surface area (Å²) in [5.74, 6) is 0.925. The molecule has 8 heteroatoms. The van der Waals surface area contributed by atoms with E-state index in [9.17, 15) is 4.79 Å². The van der Waals surface area contributed by atoms with Crippen molar-refractivity contribution in [2.45, 2.75) is 6.92 Å². The van der Waals surface area contributed by atoms with Crippen LogP contribution in [0.2, 0.25) is 5.02 Å². The molecule has 6 nitrogen and oxygen atoms in total. The minimum atomic E-state index is -0.363. The first kappa shape index (κ1) is 14.6. The van der Waals surface area contributed by atoms with E-state index in [1.54, 1.807) is 37.3 Å². The van der Waals surface area contributed by atoms with Gasteiger partial charge in [-0.05, 0) is 42.6 Å². The molecule has 2 N–H and O–H groups in total. The third kappa shape index (κ3) is 3.26. The first-order valence-corrected chi connectivity index (χ1v) is 7.59. The lowest BCUT2D eigenvalue weighted by Crippen LogP contribution is -2.19. The number of hydrogen-bond acceptors (Lipinski definition) is 5. The van der Waals surface area contributed by atoms with Gasteiger partial charge < -0.3 is 15.2 Å². The van der Waals surface area contributed by atoms with Gasteiger partial charge in [-0.1, -0.05) is 16.8 Å². The van der Waals surface area contributed by atoms with E-state index in [2.05, 4.69) is 20.8 Å². The summed E-state index contributed by atoms with van der Waals surface area (Å²) in [4.78, 5) is 16.9. The van der Waals surface area contributed by atoms with Crippen molar-refractivity contribution in [2.24, 2.45) is 0 Å². The summed E-state index contributed by atoms with van der Waals surface area (Å²) in [5, 5.41) is 11.7. The molecular weight excluding hydrogens is 324 g/mol. The number of carbonyl (C=O) groups is 1. The molecular formula is C14H11ClN4O2S. The minimum Gasteiger partial charge on any atom is -0.333 e. The molecule has 0 aliphatic heterocycles. The van der Waals surface area contributed by atoms with Gasteiger partial charge in [0.2, 0.25) is 0 Å². The van der Waals surface area contributed by atoms with Crippen molar-refractivity contribution < 1.29 is 9.32 Å². The Morgan fingerprint density at radius 2 is 2.00 bits per heavy atom. The molecule has 0 saturated heterocycles. The third-order valence-corrected chi connectivity index (χ3v) is 3.89. The summed E-state index contributed by atoms with van der Waals surface area (Å²) in [6.07, 6.45) is 0. The molecule has 0 bridgehead atoms. The van der Waals surface area contributed by atoms with Crippen LogP contribution in [0.1, 0.15) is 5.82 Å². The van der Waals surface area contributed by atoms with Crippen LogP contribution in [0.5, 0.6) is 0 Å². The van der Waals surface area contributed by atoms with Gasteiger partial charge >= 0.3 is 6.03 Å². The van der Waals surface area contributed by atoms with Crippen LogP contribution in [0.15, 0.2) is 40.2 Å². The van der Waals surface area contributed by atoms with Crippen LogP contribution in [0, 0.1) is 6.92 Å². The molecule has 1 aromatic carbocycles. The first-order chi connectivity index (χ1) is 10.6. The Balaban J connectivity index is 1.72. The zero-order valence-corrected chi connectivity index (χ0v) is 13.0. The normalized spacial score (nSPS) is 10.5. The monoisotopic (exact) mass is 334 g/mol. The fraction of sp³-hybridized carbons (Fsp3) is 0.0714. The maximum absolute atomic E-state index is 12.0. The van der Waals surface area contributed by atoms with Crippen molar-refractivity contribution in [1.29, 1.82) is 0 Å². The topological polar surface area (TPSA) is 80.0 Å². The molecule has 2 amide bonds. The number of rotatable bonds is 3. The second kappa shape index (κ2) is 6.17. The van der Waals surface area contributed by atoms with Gasteiger partial charge in [0, 0.05) is 10.7 Å². The highest BCUT2D eigenvalue weighted by molar-refractivity contribution is 7.14. The van der Waals surface area contributed by atoms with E-state index in [0.29, 0.717) is 33.0 Å². The second-order valence-corrected chi connectivity index (χ2v) is 5.75. The number of carbonyl (C=O) groups excluding carboxylic acids is 1. The van der Waals surface area contributed by atoms with Gasteiger partial charge in [-0.15, -0.1) is 11.3 Å². The average molecular weight is 335 g/mol. The molecule has 3 aromatic rings. The molecule has 0 atom stereocenters. The summed E-state index contributed by atoms with van der Waals surface area (Å²) in [5.41, 5.74) is 1.26. The van der Waals surface area contributed by atoms with Crippen LogP contribution < -0.4 is 10.6 Å². The van der Waals surface area contributed by atoms with Crippen LogP contribution >= 0.6 is 22.9 Å². The molecule has 0 saturated carbocycles. The van der Waals surface area contributed by atoms with Crippen molar-refractivity contribution in [3.63, 3.8) is 0 Å². The number of urea groups is 1. The summed E-state index contributed by atoms with van der Waals surface area (Å²) < 4.78 is 5.13. The smallest absolute Gasteiger partial charge is 0.323 e. The van der Waals surface area contributed by atoms with Gasteiger partial charge in [0.05, 0.1) is 5.69 Å². The van der Waals surface area contributed by atoms with Crippen molar-refractivity contribution in [2.75, 3.05) is 10.6 Å². The van der Waals surface area contributed by atoms with Crippen LogP contribution in [0.25, 0.3) is 10.8 Å². The average Bonchev–Trinajstić information content (AvgIpc) is 3.10. The summed E-state index contributed by atoms with van der Waals surface area (Å²) in [6.45, 7) is 1.74. The number of benzene rings is 1. The van der Waals surface area contributed by atoms with Crippen molar-refractivity contribution in [3.8, 4) is 10.8 Å². The predicted molar refractivity (Wildman–Crippen MR) is 86.4 cm³/mol. The lowest BCUT2D eigenvalue weighted by Gasteiger charge is -2.07. The van der Waals surface area contributed by atoms with Crippen LogP contribution in [-0.4, -0.2) is 16.2 Å². The number of hydrogen-bond donors (Lipinski definition) is 2. The fourth-order valence-electron chi connectivity index (χ4n) is 1.78. The third-order valence-electron chi connectivity index (χ3n) is 2.74. The molecule has 2 heterocycles. The number of aromatic nitrogens is 2. The SMILES string of the molecule is Cc1noc(-c2sccc2NC(=O)Nc2ccc(Cl)cc2)n1. The Hall–Kier alpha value is -2.38. The van der Waals surface area contributed by atoms with Crippen molar-refractivity contribution in [1.82, 2.24) is 10.1 Å². The Morgan fingerprint density at radius 1 is 1.23 bits per heavy atom. The number of halogens is 1. The summed E-state index contributed by atoms with van der Waals surface area (Å²) >= 11 is 7.21. The van der Waals surface area contributed by atoms with Gasteiger partial charge in [0.25, 0.3) is 5.89 Å². The maximum atomic E-state index is 12.0. The standard InChI is InChI=1S/C14H11ClN4O2S/c1-8-16-13(21-19-8)12-11(6-7-22-12)18-14(20)17-10-4-2-9(15)3-5-10/h2-7H,1H3,(H2,17,18,20). The quantitative estimate of drug-likeness (QED) is 0.743. The molecule has 0 aliphatic rings. The maximum Gasteiger partial charge on any atom is 0.323 e. The molecule has 3 rings (SSSR count). The largest absolute Gasteiger partial charge is 0.333 e. The van der Waals surface area contributed by atoms with Crippen molar-refractivity contribution >= 4 is 40.3 Å². The molecule has 2 aromatic heterocycles. The minimum absolute atomic E-state index is 0.363. The van der Waals surface area contributed by atoms with Gasteiger partial charge in [-0.25, -0.2) is 4.79 Å². The van der Waals surface area contributed by atoms with E-state index in [1.807, 2.05) is 5.38 Å². The molecule has 0 spiro atoms. The zero-order valence-electron chi connectivity index (χ0n) is 11.5. The van der Waals surface area contributed by atoms with Gasteiger partial charge in [0.15, 0.2) is 5.82 Å². The second-order valence-electron chi connectivity index (χ2n) is 4.40. The number of amides is 2. The number of nitrogens with one attached hydrogen (secondary N) is 2. The van der Waals surface area contributed by atoms with E-state index >= 15 is 0 Å². The van der Waals surface area contributed by atoms with E-state index in [1.165, 1.54) is 11.3 Å². The molecule has 22 heavy (non-hydrogen) atoms. The predicted octanol–water partition coefficient (Wildman–Crippen LogP) is 4.40. The zero-order chi connectivity index (χ0) is 15.5. The van der Waals surface area contributed by atoms with Gasteiger partial charge in [0.1, 0.15) is 4.88 Å². The van der Waals surface area contributed by atoms with E-state index in [-0.39, 0.29) is 6.03 Å². The molecule has 0 aliphatic carbocycles. The fourth-order valence-corrected chi connectivity index (χ4v) is 2.68. The number of nitrogens with zero attached hydrogens (tertiary/aromatic N) is 2. The summed E-state index contributed by atoms with van der Waals surface area (Å²) in [7, 11) is 0. The molecule has 0 radical (unpaired) electrons. The van der Waals surface area contributed by atoms with Crippen LogP contribution in [-0.2, 0) is 0 Å². The van der Waals surface area contributed by atoms with E-state index in [0.717, 1.165) is 0 Å². The summed E-state index contributed by atoms with van der Waals surface area (Å²) in [6, 6.07) is 8.26.